The molecule has 0 atom stereocenters. The summed E-state index contributed by atoms with van der Waals surface area (Å²) in [7, 11) is 1.47. The molecule has 0 radical (unpaired) electrons. The van der Waals surface area contributed by atoms with Gasteiger partial charge in [0.25, 0.3) is 5.91 Å². The highest BCUT2D eigenvalue weighted by Gasteiger charge is 2.23. The molecule has 24 heavy (non-hydrogen) atoms. The van der Waals surface area contributed by atoms with Gasteiger partial charge in [0.1, 0.15) is 12.4 Å². The first kappa shape index (κ1) is 17.6. The Labute approximate surface area is 138 Å². The van der Waals surface area contributed by atoms with Crippen LogP contribution in [0.1, 0.15) is 16.1 Å². The minimum absolute atomic E-state index is 0.143. The summed E-state index contributed by atoms with van der Waals surface area (Å²) in [5.41, 5.74) is 1.34. The quantitative estimate of drug-likeness (QED) is 0.829. The van der Waals surface area contributed by atoms with E-state index in [1.54, 1.807) is 13.1 Å². The number of hydrogen-bond acceptors (Lipinski definition) is 4. The first-order chi connectivity index (χ1) is 11.4. The lowest BCUT2D eigenvalue weighted by atomic mass is 10.2. The van der Waals surface area contributed by atoms with E-state index in [1.165, 1.54) is 36.1 Å². The van der Waals surface area contributed by atoms with Gasteiger partial charge in [-0.3, -0.25) is 9.59 Å². The Hall–Kier alpha value is -2.74. The largest absolute Gasteiger partial charge is 0.480 e. The molecule has 0 aliphatic heterocycles. The lowest BCUT2D eigenvalue weighted by Crippen LogP contribution is -2.38. The summed E-state index contributed by atoms with van der Waals surface area (Å²) in [6.45, 7) is 1.63. The van der Waals surface area contributed by atoms with Crippen molar-refractivity contribution in [1.29, 1.82) is 0 Å². The first-order valence-electron chi connectivity index (χ1n) is 7.24. The maximum Gasteiger partial charge on any atom is 0.323 e. The molecule has 8 heteroatoms. The van der Waals surface area contributed by atoms with Gasteiger partial charge in [0.15, 0.2) is 5.69 Å². The summed E-state index contributed by atoms with van der Waals surface area (Å²) >= 11 is 0. The number of aliphatic carboxylic acids is 1. The number of hydrogen-bond donors (Lipinski definition) is 1. The average Bonchev–Trinajstić information content (AvgIpc) is 2.93. The number of carbonyl (C=O) groups is 2. The molecule has 2 rings (SSSR count). The zero-order valence-corrected chi connectivity index (χ0v) is 13.4. The van der Waals surface area contributed by atoms with Gasteiger partial charge < -0.3 is 14.7 Å². The number of rotatable bonds is 7. The lowest BCUT2D eigenvalue weighted by molar-refractivity contribution is -0.137. The van der Waals surface area contributed by atoms with Crippen LogP contribution in [0.5, 0.6) is 0 Å². The van der Waals surface area contributed by atoms with Crippen LogP contribution < -0.4 is 0 Å². The zero-order chi connectivity index (χ0) is 17.7. The number of aromatic nitrogens is 2. The number of methoxy groups -OCH3 is 1. The number of aryl methyl sites for hydroxylation is 1. The van der Waals surface area contributed by atoms with E-state index in [-0.39, 0.29) is 24.7 Å². The number of carboxylic acid groups (broad SMARTS) is 1. The first-order valence-corrected chi connectivity index (χ1v) is 7.24. The molecule has 1 heterocycles. The lowest BCUT2D eigenvalue weighted by Gasteiger charge is -2.19. The molecule has 0 saturated heterocycles. The topological polar surface area (TPSA) is 84.7 Å². The van der Waals surface area contributed by atoms with Gasteiger partial charge in [0, 0.05) is 25.4 Å². The highest BCUT2D eigenvalue weighted by atomic mass is 19.1. The van der Waals surface area contributed by atoms with Crippen LogP contribution in [0.3, 0.4) is 0 Å². The van der Waals surface area contributed by atoms with Gasteiger partial charge in [-0.2, -0.15) is 5.10 Å². The number of carbonyl (C=O) groups excluding carboxylic acids is 1. The molecular formula is C16H18FN3O4. The van der Waals surface area contributed by atoms with Crippen LogP contribution in [0, 0.1) is 12.7 Å². The van der Waals surface area contributed by atoms with Gasteiger partial charge in [0.2, 0.25) is 0 Å². The normalized spacial score (nSPS) is 10.6. The van der Waals surface area contributed by atoms with Crippen LogP contribution in [-0.4, -0.2) is 58.5 Å². The Balaban J connectivity index is 2.27. The fourth-order valence-electron chi connectivity index (χ4n) is 2.16. The van der Waals surface area contributed by atoms with Crippen LogP contribution in [0.15, 0.2) is 30.5 Å². The van der Waals surface area contributed by atoms with Crippen molar-refractivity contribution in [2.45, 2.75) is 6.92 Å². The number of benzene rings is 1. The maximum absolute atomic E-state index is 13.0. The van der Waals surface area contributed by atoms with Crippen molar-refractivity contribution >= 4 is 11.9 Å². The standard InChI is InChI=1S/C16H18FN3O4/c1-11-9-20(13-5-3-12(17)4-6-13)18-15(11)16(23)19(7-8-24-2)10-14(21)22/h3-6,9H,7-8,10H2,1-2H3,(H,21,22). The minimum Gasteiger partial charge on any atom is -0.480 e. The van der Waals surface area contributed by atoms with Crippen LogP contribution in [0.4, 0.5) is 4.39 Å². The van der Waals surface area contributed by atoms with Gasteiger partial charge in [-0.1, -0.05) is 0 Å². The summed E-state index contributed by atoms with van der Waals surface area (Å²) in [6.07, 6.45) is 1.63. The molecule has 1 aromatic carbocycles. The molecule has 0 aliphatic rings. The second kappa shape index (κ2) is 7.69. The minimum atomic E-state index is -1.12. The number of halogens is 1. The van der Waals surface area contributed by atoms with E-state index < -0.39 is 18.4 Å². The molecule has 0 aliphatic carbocycles. The molecule has 1 aromatic heterocycles. The third kappa shape index (κ3) is 4.17. The fraction of sp³-hybridized carbons (Fsp3) is 0.312. The Morgan fingerprint density at radius 1 is 1.33 bits per heavy atom. The number of carboxylic acids is 1. The molecule has 0 bridgehead atoms. The summed E-state index contributed by atoms with van der Waals surface area (Å²) < 4.78 is 19.4. The van der Waals surface area contributed by atoms with Crippen molar-refractivity contribution < 1.29 is 23.8 Å². The van der Waals surface area contributed by atoms with Gasteiger partial charge in [-0.05, 0) is 31.2 Å². The van der Waals surface area contributed by atoms with Crippen LogP contribution in [0.25, 0.3) is 5.69 Å². The Morgan fingerprint density at radius 3 is 2.58 bits per heavy atom. The molecule has 1 N–H and O–H groups in total. The molecule has 0 spiro atoms. The van der Waals surface area contributed by atoms with E-state index in [0.29, 0.717) is 11.3 Å². The highest BCUT2D eigenvalue weighted by molar-refractivity contribution is 5.95. The van der Waals surface area contributed by atoms with Gasteiger partial charge in [-0.25, -0.2) is 9.07 Å². The van der Waals surface area contributed by atoms with E-state index in [4.69, 9.17) is 9.84 Å². The number of amides is 1. The van der Waals surface area contributed by atoms with Crippen molar-refractivity contribution in [3.05, 3.63) is 47.5 Å². The van der Waals surface area contributed by atoms with Crippen molar-refractivity contribution in [3.8, 4) is 5.69 Å². The van der Waals surface area contributed by atoms with Crippen LogP contribution >= 0.6 is 0 Å². The SMILES string of the molecule is COCCN(CC(=O)O)C(=O)c1nn(-c2ccc(F)cc2)cc1C. The van der Waals surface area contributed by atoms with Crippen molar-refractivity contribution in [3.63, 3.8) is 0 Å². The molecule has 0 saturated carbocycles. The highest BCUT2D eigenvalue weighted by Crippen LogP contribution is 2.14. The van der Waals surface area contributed by atoms with E-state index >= 15 is 0 Å². The molecular weight excluding hydrogens is 317 g/mol. The summed E-state index contributed by atoms with van der Waals surface area (Å²) in [5.74, 6) is -1.98. The molecule has 0 fully saturated rings. The Bertz CT molecular complexity index is 727. The maximum atomic E-state index is 13.0. The Morgan fingerprint density at radius 2 is 2.00 bits per heavy atom. The van der Waals surface area contributed by atoms with Crippen LogP contribution in [-0.2, 0) is 9.53 Å². The van der Waals surface area contributed by atoms with E-state index in [1.807, 2.05) is 0 Å². The third-order valence-corrected chi connectivity index (χ3v) is 3.37. The van der Waals surface area contributed by atoms with Crippen molar-refractivity contribution in [1.82, 2.24) is 14.7 Å². The number of ether oxygens (including phenoxy) is 1. The predicted molar refractivity (Wildman–Crippen MR) is 83.7 cm³/mol. The van der Waals surface area contributed by atoms with Crippen molar-refractivity contribution in [2.24, 2.45) is 0 Å². The molecule has 0 unspecified atom stereocenters. The second-order valence-corrected chi connectivity index (χ2v) is 5.19. The Kier molecular flexibility index (Phi) is 5.64. The van der Waals surface area contributed by atoms with E-state index in [2.05, 4.69) is 5.10 Å². The monoisotopic (exact) mass is 335 g/mol. The summed E-state index contributed by atoms with van der Waals surface area (Å²) in [6, 6.07) is 5.66. The summed E-state index contributed by atoms with van der Waals surface area (Å²) in [4.78, 5) is 24.7. The molecule has 2 aromatic rings. The predicted octanol–water partition coefficient (Wildman–Crippen LogP) is 1.49. The summed E-state index contributed by atoms with van der Waals surface area (Å²) in [5, 5.41) is 13.2. The zero-order valence-electron chi connectivity index (χ0n) is 13.4. The van der Waals surface area contributed by atoms with E-state index in [9.17, 15) is 14.0 Å². The van der Waals surface area contributed by atoms with Gasteiger partial charge in [-0.15, -0.1) is 0 Å². The fourth-order valence-corrected chi connectivity index (χ4v) is 2.16. The second-order valence-electron chi connectivity index (χ2n) is 5.19. The van der Waals surface area contributed by atoms with Crippen LogP contribution in [0.2, 0.25) is 0 Å². The van der Waals surface area contributed by atoms with Crippen molar-refractivity contribution in [2.75, 3.05) is 26.8 Å². The molecule has 1 amide bonds. The van der Waals surface area contributed by atoms with Gasteiger partial charge >= 0.3 is 5.97 Å². The average molecular weight is 335 g/mol. The van der Waals surface area contributed by atoms with E-state index in [0.717, 1.165) is 4.90 Å². The number of nitrogens with zero attached hydrogens (tertiary/aromatic N) is 3. The smallest absolute Gasteiger partial charge is 0.323 e. The molecule has 7 nitrogen and oxygen atoms in total. The van der Waals surface area contributed by atoms with Gasteiger partial charge in [0.05, 0.1) is 12.3 Å². The molecule has 128 valence electrons. The third-order valence-electron chi connectivity index (χ3n) is 3.37.